The quantitative estimate of drug-likeness (QED) is 0.521. The Morgan fingerprint density at radius 1 is 1.33 bits per heavy atom. The maximum Gasteiger partial charge on any atom is 0.191 e. The van der Waals surface area contributed by atoms with E-state index in [0.29, 0.717) is 12.6 Å². The minimum absolute atomic E-state index is 0.105. The van der Waals surface area contributed by atoms with Gasteiger partial charge in [0.15, 0.2) is 5.96 Å². The van der Waals surface area contributed by atoms with Crippen LogP contribution < -0.4 is 10.6 Å². The summed E-state index contributed by atoms with van der Waals surface area (Å²) >= 11 is 6.11. The van der Waals surface area contributed by atoms with E-state index in [1.54, 1.807) is 7.11 Å². The van der Waals surface area contributed by atoms with Crippen LogP contribution in [-0.4, -0.2) is 56.7 Å². The van der Waals surface area contributed by atoms with Crippen LogP contribution in [0, 0.1) is 5.92 Å². The lowest BCUT2D eigenvalue weighted by Gasteiger charge is -2.34. The van der Waals surface area contributed by atoms with E-state index in [0.717, 1.165) is 54.9 Å². The number of aliphatic imine (C=N–C) groups is 1. The van der Waals surface area contributed by atoms with Crippen LogP contribution in [0.1, 0.15) is 45.3 Å². The van der Waals surface area contributed by atoms with Gasteiger partial charge in [0, 0.05) is 44.4 Å². The highest BCUT2D eigenvalue weighted by Crippen LogP contribution is 2.20. The molecule has 0 bridgehead atoms. The largest absolute Gasteiger partial charge is 0.375 e. The lowest BCUT2D eigenvalue weighted by atomic mass is 10.0. The summed E-state index contributed by atoms with van der Waals surface area (Å²) in [6.07, 6.45) is 2.20. The Balaban J connectivity index is 1.91. The summed E-state index contributed by atoms with van der Waals surface area (Å²) in [4.78, 5) is 7.33. The number of nitrogens with one attached hydrogen (secondary N) is 2. The first kappa shape index (κ1) is 22.0. The summed E-state index contributed by atoms with van der Waals surface area (Å²) in [7, 11) is 1.71. The molecule has 1 heterocycles. The first-order valence-electron chi connectivity index (χ1n) is 10.1. The molecule has 2 rings (SSSR count). The monoisotopic (exact) mass is 394 g/mol. The standard InChI is InChI=1S/C21H35ClN4O/c1-5-23-21(25-19-9-11-26(12-10-19)15-16(2)3)24-14-20(27-4)17-7-6-8-18(22)13-17/h6-8,13,16,19-20H,5,9-12,14-15H2,1-4H3,(H2,23,24,25). The third-order valence-electron chi connectivity index (χ3n) is 4.82. The summed E-state index contributed by atoms with van der Waals surface area (Å²) < 4.78 is 5.63. The molecule has 1 aliphatic heterocycles. The predicted octanol–water partition coefficient (Wildman–Crippen LogP) is 3.70. The molecule has 1 aromatic rings. The Labute approximate surface area is 169 Å². The topological polar surface area (TPSA) is 48.9 Å². The normalized spacial score (nSPS) is 17.9. The van der Waals surface area contributed by atoms with Gasteiger partial charge in [-0.2, -0.15) is 0 Å². The number of methoxy groups -OCH3 is 1. The number of nitrogens with zero attached hydrogens (tertiary/aromatic N) is 2. The maximum absolute atomic E-state index is 6.11. The zero-order chi connectivity index (χ0) is 19.6. The number of guanidine groups is 1. The molecular formula is C21H35ClN4O. The fourth-order valence-electron chi connectivity index (χ4n) is 3.49. The zero-order valence-corrected chi connectivity index (χ0v) is 17.9. The van der Waals surface area contributed by atoms with Crippen LogP contribution in [-0.2, 0) is 4.74 Å². The van der Waals surface area contributed by atoms with E-state index >= 15 is 0 Å². The highest BCUT2D eigenvalue weighted by molar-refractivity contribution is 6.30. The van der Waals surface area contributed by atoms with Gasteiger partial charge in [-0.25, -0.2) is 0 Å². The molecule has 5 nitrogen and oxygen atoms in total. The van der Waals surface area contributed by atoms with Gasteiger partial charge in [0.25, 0.3) is 0 Å². The lowest BCUT2D eigenvalue weighted by Crippen LogP contribution is -2.49. The minimum Gasteiger partial charge on any atom is -0.375 e. The maximum atomic E-state index is 6.11. The number of piperidine rings is 1. The van der Waals surface area contributed by atoms with Gasteiger partial charge in [0.2, 0.25) is 0 Å². The van der Waals surface area contributed by atoms with E-state index in [1.807, 2.05) is 24.3 Å². The van der Waals surface area contributed by atoms with Crippen molar-refractivity contribution in [1.29, 1.82) is 0 Å². The molecule has 0 aromatic heterocycles. The summed E-state index contributed by atoms with van der Waals surface area (Å²) in [5, 5.41) is 7.68. The number of halogens is 1. The third kappa shape index (κ3) is 7.68. The Morgan fingerprint density at radius 3 is 2.67 bits per heavy atom. The van der Waals surface area contributed by atoms with Crippen molar-refractivity contribution in [3.8, 4) is 0 Å². The van der Waals surface area contributed by atoms with Crippen LogP contribution in [0.3, 0.4) is 0 Å². The minimum atomic E-state index is -0.105. The van der Waals surface area contributed by atoms with Crippen molar-refractivity contribution >= 4 is 17.6 Å². The fourth-order valence-corrected chi connectivity index (χ4v) is 3.69. The third-order valence-corrected chi connectivity index (χ3v) is 5.05. The molecule has 1 fully saturated rings. The van der Waals surface area contributed by atoms with Gasteiger partial charge in [-0.1, -0.05) is 37.6 Å². The molecule has 1 atom stereocenters. The smallest absolute Gasteiger partial charge is 0.191 e. The van der Waals surface area contributed by atoms with Crippen molar-refractivity contribution in [3.05, 3.63) is 34.9 Å². The van der Waals surface area contributed by atoms with Gasteiger partial charge in [0.05, 0.1) is 6.54 Å². The van der Waals surface area contributed by atoms with Crippen LogP contribution in [0.25, 0.3) is 0 Å². The van der Waals surface area contributed by atoms with E-state index in [1.165, 1.54) is 6.54 Å². The number of likely N-dealkylation sites (tertiary alicyclic amines) is 1. The zero-order valence-electron chi connectivity index (χ0n) is 17.2. The second-order valence-electron chi connectivity index (χ2n) is 7.61. The second kappa shape index (κ2) is 11.5. The Morgan fingerprint density at radius 2 is 2.07 bits per heavy atom. The molecule has 1 saturated heterocycles. The Hall–Kier alpha value is -1.30. The van der Waals surface area contributed by atoms with E-state index < -0.39 is 0 Å². The molecule has 0 amide bonds. The Kier molecular flexibility index (Phi) is 9.39. The molecule has 1 aliphatic rings. The molecule has 0 spiro atoms. The van der Waals surface area contributed by atoms with Gasteiger partial charge in [-0.05, 0) is 43.4 Å². The van der Waals surface area contributed by atoms with Gasteiger partial charge in [0.1, 0.15) is 6.10 Å². The van der Waals surface area contributed by atoms with Crippen LogP contribution in [0.5, 0.6) is 0 Å². The van der Waals surface area contributed by atoms with E-state index in [4.69, 9.17) is 21.3 Å². The van der Waals surface area contributed by atoms with Crippen molar-refractivity contribution in [3.63, 3.8) is 0 Å². The number of rotatable bonds is 8. The lowest BCUT2D eigenvalue weighted by molar-refractivity contribution is 0.111. The van der Waals surface area contributed by atoms with Gasteiger partial charge in [-0.15, -0.1) is 0 Å². The van der Waals surface area contributed by atoms with Crippen molar-refractivity contribution < 1.29 is 4.74 Å². The molecule has 27 heavy (non-hydrogen) atoms. The van der Waals surface area contributed by atoms with E-state index in [9.17, 15) is 0 Å². The van der Waals surface area contributed by atoms with Crippen LogP contribution in [0.2, 0.25) is 5.02 Å². The van der Waals surface area contributed by atoms with E-state index in [-0.39, 0.29) is 6.10 Å². The molecule has 0 aliphatic carbocycles. The summed E-state index contributed by atoms with van der Waals surface area (Å²) in [5.74, 6) is 1.59. The van der Waals surface area contributed by atoms with Gasteiger partial charge >= 0.3 is 0 Å². The first-order valence-corrected chi connectivity index (χ1v) is 10.4. The average molecular weight is 395 g/mol. The summed E-state index contributed by atoms with van der Waals surface area (Å²) in [6, 6.07) is 8.26. The molecule has 2 N–H and O–H groups in total. The molecule has 1 unspecified atom stereocenters. The first-order chi connectivity index (χ1) is 13.0. The molecule has 0 saturated carbocycles. The highest BCUT2D eigenvalue weighted by Gasteiger charge is 2.20. The average Bonchev–Trinajstić information content (AvgIpc) is 2.63. The summed E-state index contributed by atoms with van der Waals surface area (Å²) in [6.45, 7) is 11.5. The number of hydrogen-bond acceptors (Lipinski definition) is 3. The summed E-state index contributed by atoms with van der Waals surface area (Å²) in [5.41, 5.74) is 1.05. The molecule has 1 aromatic carbocycles. The van der Waals surface area contributed by atoms with Crippen LogP contribution >= 0.6 is 11.6 Å². The Bertz CT molecular complexity index is 585. The molecule has 152 valence electrons. The predicted molar refractivity (Wildman–Crippen MR) is 115 cm³/mol. The van der Waals surface area contributed by atoms with Crippen LogP contribution in [0.4, 0.5) is 0 Å². The van der Waals surface area contributed by atoms with Gasteiger partial charge < -0.3 is 20.3 Å². The van der Waals surface area contributed by atoms with Crippen molar-refractivity contribution in [2.45, 2.75) is 45.8 Å². The number of hydrogen-bond donors (Lipinski definition) is 2. The van der Waals surface area contributed by atoms with Gasteiger partial charge in [-0.3, -0.25) is 4.99 Å². The number of ether oxygens (including phenoxy) is 1. The van der Waals surface area contributed by atoms with Crippen molar-refractivity contribution in [1.82, 2.24) is 15.5 Å². The highest BCUT2D eigenvalue weighted by atomic mass is 35.5. The SMILES string of the molecule is CCNC(=NCC(OC)c1cccc(Cl)c1)NC1CCN(CC(C)C)CC1. The fraction of sp³-hybridized carbons (Fsp3) is 0.667. The molecule has 0 radical (unpaired) electrons. The van der Waals surface area contributed by atoms with Crippen molar-refractivity contribution in [2.75, 3.05) is 39.8 Å². The van der Waals surface area contributed by atoms with Crippen molar-refractivity contribution in [2.24, 2.45) is 10.9 Å². The molecule has 6 heteroatoms. The van der Waals surface area contributed by atoms with Crippen LogP contribution in [0.15, 0.2) is 29.3 Å². The second-order valence-corrected chi connectivity index (χ2v) is 8.05. The molecular weight excluding hydrogens is 360 g/mol. The number of benzene rings is 1. The van der Waals surface area contributed by atoms with E-state index in [2.05, 4.69) is 36.3 Å².